The summed E-state index contributed by atoms with van der Waals surface area (Å²) in [7, 11) is 0. The molecule has 0 radical (unpaired) electrons. The minimum Gasteiger partial charge on any atom is -0.442 e. The number of hydrogen-bond donors (Lipinski definition) is 0. The van der Waals surface area contributed by atoms with Gasteiger partial charge in [0.2, 0.25) is 0 Å². The molecule has 1 atom stereocenters. The summed E-state index contributed by atoms with van der Waals surface area (Å²) in [4.78, 5) is 27.1. The van der Waals surface area contributed by atoms with Crippen LogP contribution in [-0.4, -0.2) is 38.5 Å². The van der Waals surface area contributed by atoms with Crippen molar-refractivity contribution in [3.8, 4) is 0 Å². The minimum absolute atomic E-state index is 0.645. The molecule has 0 unspecified atom stereocenters. The van der Waals surface area contributed by atoms with Gasteiger partial charge in [-0.05, 0) is 65.3 Å². The summed E-state index contributed by atoms with van der Waals surface area (Å²) in [5.41, 5.74) is 0.967. The van der Waals surface area contributed by atoms with Crippen LogP contribution in [0.25, 0.3) is 6.08 Å². The Morgan fingerprint density at radius 3 is 2.00 bits per heavy atom. The molecule has 2 aromatic carbocycles. The van der Waals surface area contributed by atoms with E-state index in [4.69, 9.17) is 9.47 Å². The van der Waals surface area contributed by atoms with E-state index in [9.17, 15) is 9.59 Å². The van der Waals surface area contributed by atoms with Crippen molar-refractivity contribution in [1.29, 1.82) is 0 Å². The fraction of sp³-hybridized carbons (Fsp3) is 0.360. The third-order valence-corrected chi connectivity index (χ3v) is 4.89. The topological polar surface area (TPSA) is 65.6 Å². The van der Waals surface area contributed by atoms with Crippen LogP contribution < -0.4 is 5.12 Å². The van der Waals surface area contributed by atoms with Crippen molar-refractivity contribution in [2.75, 3.05) is 5.12 Å². The van der Waals surface area contributed by atoms with Crippen molar-refractivity contribution in [3.63, 3.8) is 0 Å². The van der Waals surface area contributed by atoms with Gasteiger partial charge >= 0.3 is 12.2 Å². The highest BCUT2D eigenvalue weighted by Crippen LogP contribution is 2.44. The molecule has 8 heteroatoms. The molecule has 2 aliphatic rings. The van der Waals surface area contributed by atoms with Crippen molar-refractivity contribution >= 4 is 23.9 Å². The lowest BCUT2D eigenvalue weighted by molar-refractivity contribution is -0.0580. The molecular formula is C25H30N4O4. The number of fused-ring (bicyclic) bond motifs is 3. The molecule has 33 heavy (non-hydrogen) atoms. The van der Waals surface area contributed by atoms with Gasteiger partial charge in [0, 0.05) is 11.8 Å². The standard InChI is InChI=1S/C25H30N4O4/c1-24(2,3)32-22(30)27-21-20-15-11-10-12-18(20)16-17-26(21)28(19-13-8-7-9-14-19)29(27)23(31)33-25(4,5)6/h7-17,21H,1-6H3/t21-/m0/s1. The van der Waals surface area contributed by atoms with Crippen molar-refractivity contribution in [1.82, 2.24) is 15.1 Å². The van der Waals surface area contributed by atoms with Gasteiger partial charge in [-0.1, -0.05) is 47.6 Å². The molecule has 0 bridgehead atoms. The van der Waals surface area contributed by atoms with Crippen LogP contribution in [0.1, 0.15) is 58.8 Å². The predicted molar refractivity (Wildman–Crippen MR) is 125 cm³/mol. The number of rotatable bonds is 1. The average molecular weight is 451 g/mol. The molecule has 0 N–H and O–H groups in total. The first-order chi connectivity index (χ1) is 15.5. The van der Waals surface area contributed by atoms with Gasteiger partial charge in [0.15, 0.2) is 6.17 Å². The Balaban J connectivity index is 1.89. The number of ether oxygens (including phenoxy) is 2. The molecule has 1 saturated heterocycles. The molecule has 174 valence electrons. The van der Waals surface area contributed by atoms with Crippen molar-refractivity contribution in [3.05, 3.63) is 71.9 Å². The van der Waals surface area contributed by atoms with Crippen LogP contribution in [0.3, 0.4) is 0 Å². The smallest absolute Gasteiger partial charge is 0.442 e. The van der Waals surface area contributed by atoms with Gasteiger partial charge in [-0.15, -0.1) is 0 Å². The number of anilines is 1. The first kappa shape index (κ1) is 22.5. The SMILES string of the molecule is CC(C)(C)OC(=O)N1[C@H]2c3ccccc3C=CN2N(c2ccccc2)N1C(=O)OC(C)(C)C. The lowest BCUT2D eigenvalue weighted by Gasteiger charge is -2.35. The second-order valence-electron chi connectivity index (χ2n) is 9.92. The zero-order chi connectivity index (χ0) is 24.0. The van der Waals surface area contributed by atoms with Crippen molar-refractivity contribution < 1.29 is 19.1 Å². The van der Waals surface area contributed by atoms with Crippen molar-refractivity contribution in [2.45, 2.75) is 58.9 Å². The first-order valence-electron chi connectivity index (χ1n) is 10.9. The number of nitrogens with zero attached hydrogens (tertiary/aromatic N) is 4. The Morgan fingerprint density at radius 2 is 1.36 bits per heavy atom. The van der Waals surface area contributed by atoms with E-state index in [0.29, 0.717) is 5.69 Å². The van der Waals surface area contributed by atoms with Gasteiger partial charge in [-0.3, -0.25) is 0 Å². The number of amides is 2. The summed E-state index contributed by atoms with van der Waals surface area (Å²) in [5, 5.41) is 5.99. The molecule has 2 heterocycles. The minimum atomic E-state index is -0.768. The predicted octanol–water partition coefficient (Wildman–Crippen LogP) is 5.71. The van der Waals surface area contributed by atoms with E-state index in [0.717, 1.165) is 11.1 Å². The maximum absolute atomic E-state index is 13.6. The van der Waals surface area contributed by atoms with E-state index in [2.05, 4.69) is 0 Å². The number of benzene rings is 2. The van der Waals surface area contributed by atoms with Crippen LogP contribution >= 0.6 is 0 Å². The third kappa shape index (κ3) is 4.46. The van der Waals surface area contributed by atoms with Crippen molar-refractivity contribution in [2.24, 2.45) is 0 Å². The second kappa shape index (κ2) is 8.03. The fourth-order valence-corrected chi connectivity index (χ4v) is 3.74. The molecule has 0 aromatic heterocycles. The number of hydrogen-bond acceptors (Lipinski definition) is 6. The molecule has 2 aromatic rings. The highest BCUT2D eigenvalue weighted by Gasteiger charge is 2.53. The lowest BCUT2D eigenvalue weighted by atomic mass is 10.0. The number of carbonyl (C=O) groups excluding carboxylic acids is 2. The number of carbonyl (C=O) groups is 2. The maximum Gasteiger partial charge on any atom is 0.451 e. The summed E-state index contributed by atoms with van der Waals surface area (Å²) in [5.74, 6) is 0. The molecule has 2 aliphatic heterocycles. The zero-order valence-electron chi connectivity index (χ0n) is 19.9. The van der Waals surface area contributed by atoms with E-state index in [1.807, 2.05) is 71.9 Å². The Kier molecular flexibility index (Phi) is 5.47. The normalized spacial score (nSPS) is 17.6. The van der Waals surface area contributed by atoms with Gasteiger partial charge in [-0.25, -0.2) is 14.6 Å². The van der Waals surface area contributed by atoms with Crippen LogP contribution in [0.5, 0.6) is 0 Å². The summed E-state index contributed by atoms with van der Waals surface area (Å²) in [6.45, 7) is 10.7. The molecule has 2 amide bonds. The molecule has 8 nitrogen and oxygen atoms in total. The summed E-state index contributed by atoms with van der Waals surface area (Å²) in [6.07, 6.45) is 1.80. The van der Waals surface area contributed by atoms with Gasteiger partial charge in [0.25, 0.3) is 0 Å². The van der Waals surface area contributed by atoms with E-state index in [1.165, 1.54) is 10.1 Å². The monoisotopic (exact) mass is 450 g/mol. The highest BCUT2D eigenvalue weighted by molar-refractivity contribution is 5.79. The molecule has 4 rings (SSSR count). The highest BCUT2D eigenvalue weighted by atomic mass is 16.6. The fourth-order valence-electron chi connectivity index (χ4n) is 3.74. The van der Waals surface area contributed by atoms with Crippen LogP contribution in [-0.2, 0) is 9.47 Å². The number of para-hydroxylation sites is 1. The Morgan fingerprint density at radius 1 is 0.788 bits per heavy atom. The maximum atomic E-state index is 13.6. The first-order valence-corrected chi connectivity index (χ1v) is 10.9. The Hall–Kier alpha value is -3.68. The van der Waals surface area contributed by atoms with Crippen LogP contribution in [0.15, 0.2) is 60.8 Å². The van der Waals surface area contributed by atoms with E-state index < -0.39 is 29.6 Å². The van der Waals surface area contributed by atoms with E-state index >= 15 is 0 Å². The summed E-state index contributed by atoms with van der Waals surface area (Å²) in [6, 6.07) is 17.1. The van der Waals surface area contributed by atoms with Gasteiger partial charge in [0.1, 0.15) is 11.2 Å². The molecule has 0 spiro atoms. The van der Waals surface area contributed by atoms with E-state index in [-0.39, 0.29) is 0 Å². The number of hydrazine groups is 3. The van der Waals surface area contributed by atoms with Crippen LogP contribution in [0.2, 0.25) is 0 Å². The zero-order valence-corrected chi connectivity index (χ0v) is 19.9. The van der Waals surface area contributed by atoms with Crippen LogP contribution in [0, 0.1) is 0 Å². The second-order valence-corrected chi connectivity index (χ2v) is 9.92. The molecule has 1 fully saturated rings. The van der Waals surface area contributed by atoms with Gasteiger partial charge in [-0.2, -0.15) is 10.1 Å². The summed E-state index contributed by atoms with van der Waals surface area (Å²) < 4.78 is 11.5. The lowest BCUT2D eigenvalue weighted by Crippen LogP contribution is -2.54. The molecule has 0 aliphatic carbocycles. The molecular weight excluding hydrogens is 420 g/mol. The van der Waals surface area contributed by atoms with Gasteiger partial charge in [0.05, 0.1) is 5.69 Å². The van der Waals surface area contributed by atoms with E-state index in [1.54, 1.807) is 46.7 Å². The Labute approximate surface area is 194 Å². The average Bonchev–Trinajstić information content (AvgIpc) is 3.08. The molecule has 0 saturated carbocycles. The van der Waals surface area contributed by atoms with Gasteiger partial charge < -0.3 is 9.47 Å². The Bertz CT molecular complexity index is 1040. The third-order valence-electron chi connectivity index (χ3n) is 4.89. The largest absolute Gasteiger partial charge is 0.451 e. The summed E-state index contributed by atoms with van der Waals surface area (Å²) >= 11 is 0. The quantitative estimate of drug-likeness (QED) is 0.554. The van der Waals surface area contributed by atoms with Crippen LogP contribution in [0.4, 0.5) is 15.3 Å².